The number of unbranched alkanes of at least 4 members (excludes halogenated alkanes) is 17. The van der Waals surface area contributed by atoms with Crippen LogP contribution < -0.4 is 0 Å². The van der Waals surface area contributed by atoms with Gasteiger partial charge in [0.2, 0.25) is 0 Å². The van der Waals surface area contributed by atoms with Crippen molar-refractivity contribution >= 4 is 33.2 Å². The van der Waals surface area contributed by atoms with Gasteiger partial charge in [0.25, 0.3) is 10.1 Å². The summed E-state index contributed by atoms with van der Waals surface area (Å²) < 4.78 is 29.7. The zero-order valence-corrected chi connectivity index (χ0v) is 19.0. The van der Waals surface area contributed by atoms with Crippen LogP contribution >= 0.6 is 0 Å². The van der Waals surface area contributed by atoms with Crippen molar-refractivity contribution in [3.8, 4) is 0 Å². The van der Waals surface area contributed by atoms with Crippen LogP contribution in [0.3, 0.4) is 0 Å². The summed E-state index contributed by atoms with van der Waals surface area (Å²) >= 11 is 0. The van der Waals surface area contributed by atoms with Gasteiger partial charge in [-0.15, -0.1) is 0 Å². The topological polar surface area (TPSA) is 54.4 Å². The molecule has 150 valence electrons. The third-order valence-electron chi connectivity index (χ3n) is 4.76. The van der Waals surface area contributed by atoms with Gasteiger partial charge in [-0.2, -0.15) is 8.42 Å². The van der Waals surface area contributed by atoms with Gasteiger partial charge in [-0.1, -0.05) is 116 Å². The first-order valence-corrected chi connectivity index (χ1v) is 12.1. The van der Waals surface area contributed by atoms with E-state index in [0.717, 1.165) is 12.8 Å². The van der Waals surface area contributed by atoms with E-state index in [0.29, 0.717) is 6.42 Å². The molecule has 5 heteroatoms. The van der Waals surface area contributed by atoms with Crippen molar-refractivity contribution in [2.45, 2.75) is 122 Å². The van der Waals surface area contributed by atoms with Gasteiger partial charge in [0, 0.05) is 0 Å². The fraction of sp³-hybridized carbons (Fsp3) is 1.00. The second-order valence-corrected chi connectivity index (χ2v) is 8.87. The SMILES string of the molecule is CCCCCCCCCCCCCCCCCCCCS(=O)(=O)O.[H-].[H-].[Mg+2]. The van der Waals surface area contributed by atoms with E-state index in [9.17, 15) is 8.42 Å². The number of hydrogen-bond acceptors (Lipinski definition) is 2. The summed E-state index contributed by atoms with van der Waals surface area (Å²) in [4.78, 5) is 0. The Labute approximate surface area is 177 Å². The first-order chi connectivity index (χ1) is 11.6. The normalized spacial score (nSPS) is 11.4. The van der Waals surface area contributed by atoms with Gasteiger partial charge < -0.3 is 2.85 Å². The molecule has 0 aliphatic rings. The summed E-state index contributed by atoms with van der Waals surface area (Å²) in [7, 11) is -3.75. The third kappa shape index (κ3) is 27.0. The summed E-state index contributed by atoms with van der Waals surface area (Å²) in [6, 6.07) is 0. The van der Waals surface area contributed by atoms with Gasteiger partial charge in [0.05, 0.1) is 5.75 Å². The van der Waals surface area contributed by atoms with Gasteiger partial charge in [0.15, 0.2) is 0 Å². The van der Waals surface area contributed by atoms with Gasteiger partial charge in [-0.05, 0) is 6.42 Å². The molecule has 0 radical (unpaired) electrons. The Bertz CT molecular complexity index is 355. The summed E-state index contributed by atoms with van der Waals surface area (Å²) in [5.41, 5.74) is 0. The molecule has 0 saturated carbocycles. The van der Waals surface area contributed by atoms with Gasteiger partial charge in [0.1, 0.15) is 0 Å². The van der Waals surface area contributed by atoms with Gasteiger partial charge >= 0.3 is 23.1 Å². The third-order valence-corrected chi connectivity index (χ3v) is 5.56. The van der Waals surface area contributed by atoms with Crippen LogP contribution in [0.15, 0.2) is 0 Å². The van der Waals surface area contributed by atoms with Crippen LogP contribution in [0.5, 0.6) is 0 Å². The fourth-order valence-corrected chi connectivity index (χ4v) is 3.76. The molecule has 0 aliphatic heterocycles. The van der Waals surface area contributed by atoms with Crippen LogP contribution in [0.2, 0.25) is 0 Å². The maximum absolute atomic E-state index is 10.6. The van der Waals surface area contributed by atoms with Gasteiger partial charge in [-0.3, -0.25) is 4.55 Å². The van der Waals surface area contributed by atoms with Crippen molar-refractivity contribution in [2.75, 3.05) is 5.75 Å². The monoisotopic (exact) mass is 388 g/mol. The predicted octanol–water partition coefficient (Wildman–Crippen LogP) is 6.76. The molecule has 0 bridgehead atoms. The predicted molar refractivity (Wildman–Crippen MR) is 113 cm³/mol. The number of hydrogen-bond donors (Lipinski definition) is 1. The zero-order chi connectivity index (χ0) is 17.9. The van der Waals surface area contributed by atoms with E-state index in [1.807, 2.05) is 0 Å². The van der Waals surface area contributed by atoms with Crippen LogP contribution in [-0.4, -0.2) is 41.8 Å². The Balaban J connectivity index is -0.000000882. The molecule has 3 nitrogen and oxygen atoms in total. The summed E-state index contributed by atoms with van der Waals surface area (Å²) in [5.74, 6) is -0.0776. The molecule has 0 unspecified atom stereocenters. The van der Waals surface area contributed by atoms with Crippen molar-refractivity contribution in [1.82, 2.24) is 0 Å². The molecule has 0 amide bonds. The van der Waals surface area contributed by atoms with Crippen LogP contribution in [0, 0.1) is 0 Å². The summed E-state index contributed by atoms with van der Waals surface area (Å²) in [6.45, 7) is 2.27. The Morgan fingerprint density at radius 2 is 0.800 bits per heavy atom. The Morgan fingerprint density at radius 1 is 0.560 bits per heavy atom. The smallest absolute Gasteiger partial charge is 1.00 e. The molecule has 0 spiro atoms. The van der Waals surface area contributed by atoms with Gasteiger partial charge in [-0.25, -0.2) is 0 Å². The molecule has 0 saturated heterocycles. The Hall–Kier alpha value is 0.676. The maximum atomic E-state index is 10.6. The van der Waals surface area contributed by atoms with Crippen molar-refractivity contribution in [3.63, 3.8) is 0 Å². The quantitative estimate of drug-likeness (QED) is 0.151. The van der Waals surface area contributed by atoms with E-state index < -0.39 is 10.1 Å². The fourth-order valence-electron chi connectivity index (χ4n) is 3.19. The first kappa shape index (κ1) is 27.9. The van der Waals surface area contributed by atoms with E-state index in [4.69, 9.17) is 4.55 Å². The van der Waals surface area contributed by atoms with E-state index >= 15 is 0 Å². The van der Waals surface area contributed by atoms with Crippen molar-refractivity contribution < 1.29 is 15.8 Å². The van der Waals surface area contributed by atoms with Crippen LogP contribution in [0.1, 0.15) is 125 Å². The molecule has 0 heterocycles. The molecule has 25 heavy (non-hydrogen) atoms. The molecule has 0 aliphatic carbocycles. The summed E-state index contributed by atoms with van der Waals surface area (Å²) in [6.07, 6.45) is 23.2. The van der Waals surface area contributed by atoms with Crippen LogP contribution in [-0.2, 0) is 10.1 Å². The largest absolute Gasteiger partial charge is 2.00 e. The second kappa shape index (κ2) is 21.0. The van der Waals surface area contributed by atoms with E-state index in [2.05, 4.69) is 6.92 Å². The van der Waals surface area contributed by atoms with E-state index in [1.54, 1.807) is 0 Å². The molecule has 0 fully saturated rings. The first-order valence-electron chi connectivity index (χ1n) is 10.5. The van der Waals surface area contributed by atoms with E-state index in [-0.39, 0.29) is 31.7 Å². The average Bonchev–Trinajstić information content (AvgIpc) is 2.52. The summed E-state index contributed by atoms with van der Waals surface area (Å²) in [5, 5.41) is 0. The second-order valence-electron chi connectivity index (χ2n) is 7.30. The minimum Gasteiger partial charge on any atom is -1.00 e. The molecule has 0 aromatic heterocycles. The molecule has 0 aromatic carbocycles. The molecular weight excluding hydrogens is 345 g/mol. The molecule has 0 aromatic rings. The van der Waals surface area contributed by atoms with Crippen molar-refractivity contribution in [3.05, 3.63) is 0 Å². The Kier molecular flexibility index (Phi) is 23.4. The number of rotatable bonds is 19. The Morgan fingerprint density at radius 3 is 1.04 bits per heavy atom. The zero-order valence-electron chi connectivity index (χ0n) is 18.8. The standard InChI is InChI=1S/C20H42O3S.Mg.2H/c1-2-3-4-5-6-7-8-9-10-11-12-13-14-15-16-17-18-19-20-24(21,22)23;;;/h2-20H2,1H3,(H,21,22,23);;;/q;+2;2*-1. The van der Waals surface area contributed by atoms with Crippen molar-refractivity contribution in [1.29, 1.82) is 0 Å². The molecule has 1 N–H and O–H groups in total. The van der Waals surface area contributed by atoms with E-state index in [1.165, 1.54) is 96.3 Å². The average molecular weight is 389 g/mol. The maximum Gasteiger partial charge on any atom is 2.00 e. The molecule has 0 rings (SSSR count). The minimum atomic E-state index is -3.75. The van der Waals surface area contributed by atoms with Crippen LogP contribution in [0.4, 0.5) is 0 Å². The minimum absolute atomic E-state index is 0. The molecule has 0 atom stereocenters. The molecular formula is C20H44MgO3S. The van der Waals surface area contributed by atoms with Crippen LogP contribution in [0.25, 0.3) is 0 Å². The van der Waals surface area contributed by atoms with Crippen molar-refractivity contribution in [2.24, 2.45) is 0 Å².